The lowest BCUT2D eigenvalue weighted by Crippen LogP contribution is -2.16. The number of aromatic nitrogens is 2. The molecule has 1 atom stereocenters. The second-order valence-electron chi connectivity index (χ2n) is 3.49. The molecular formula is C10H18N4O2. The van der Waals surface area contributed by atoms with Crippen LogP contribution in [0.4, 0.5) is 5.82 Å². The Morgan fingerprint density at radius 1 is 1.44 bits per heavy atom. The van der Waals surface area contributed by atoms with E-state index in [1.807, 2.05) is 6.92 Å². The van der Waals surface area contributed by atoms with Gasteiger partial charge in [0.15, 0.2) is 0 Å². The molecule has 6 nitrogen and oxygen atoms in total. The molecule has 0 fully saturated rings. The molecule has 1 rings (SSSR count). The molecule has 0 saturated heterocycles. The number of nitrogens with one attached hydrogen (secondary N) is 1. The summed E-state index contributed by atoms with van der Waals surface area (Å²) >= 11 is 0. The first-order chi connectivity index (χ1) is 7.69. The highest BCUT2D eigenvalue weighted by atomic mass is 16.5. The maximum atomic E-state index is 5.33. The van der Waals surface area contributed by atoms with Gasteiger partial charge in [0.25, 0.3) is 0 Å². The molecule has 0 spiro atoms. The van der Waals surface area contributed by atoms with E-state index in [4.69, 9.17) is 15.3 Å². The van der Waals surface area contributed by atoms with Crippen molar-refractivity contribution in [1.82, 2.24) is 9.97 Å². The summed E-state index contributed by atoms with van der Waals surface area (Å²) in [7, 11) is 3.28. The molecule has 0 aliphatic carbocycles. The summed E-state index contributed by atoms with van der Waals surface area (Å²) in [6.45, 7) is 2.40. The van der Waals surface area contributed by atoms with Crippen molar-refractivity contribution in [3.63, 3.8) is 0 Å². The van der Waals surface area contributed by atoms with Crippen LogP contribution in [0.2, 0.25) is 0 Å². The Hall–Kier alpha value is -1.24. The van der Waals surface area contributed by atoms with Crippen molar-refractivity contribution in [2.75, 3.05) is 19.6 Å². The summed E-state index contributed by atoms with van der Waals surface area (Å²) in [5.41, 5.74) is 3.31. The van der Waals surface area contributed by atoms with Crippen LogP contribution >= 0.6 is 0 Å². The predicted molar refractivity (Wildman–Crippen MR) is 60.7 cm³/mol. The summed E-state index contributed by atoms with van der Waals surface area (Å²) in [5.74, 6) is 6.61. The topological polar surface area (TPSA) is 82.3 Å². The highest BCUT2D eigenvalue weighted by Crippen LogP contribution is 2.09. The van der Waals surface area contributed by atoms with Gasteiger partial charge < -0.3 is 14.9 Å². The van der Waals surface area contributed by atoms with Crippen LogP contribution in [0.5, 0.6) is 0 Å². The Kier molecular flexibility index (Phi) is 5.10. The fourth-order valence-corrected chi connectivity index (χ4v) is 1.28. The van der Waals surface area contributed by atoms with E-state index in [-0.39, 0.29) is 6.10 Å². The number of hydrogen-bond donors (Lipinski definition) is 2. The molecule has 0 amide bonds. The molecule has 1 heterocycles. The van der Waals surface area contributed by atoms with E-state index in [1.54, 1.807) is 20.3 Å². The Bertz CT molecular complexity index is 333. The molecule has 0 bridgehead atoms. The number of nitrogen functional groups attached to an aromatic ring is 1. The minimum Gasteiger partial charge on any atom is -0.381 e. The van der Waals surface area contributed by atoms with Gasteiger partial charge in [-0.1, -0.05) is 0 Å². The number of nitrogens with zero attached hydrogens (tertiary/aromatic N) is 2. The molecule has 16 heavy (non-hydrogen) atoms. The van der Waals surface area contributed by atoms with Crippen molar-refractivity contribution in [1.29, 1.82) is 0 Å². The molecule has 1 unspecified atom stereocenters. The van der Waals surface area contributed by atoms with Gasteiger partial charge in [-0.25, -0.2) is 15.8 Å². The van der Waals surface area contributed by atoms with E-state index < -0.39 is 0 Å². The normalized spacial score (nSPS) is 12.5. The maximum Gasteiger partial charge on any atom is 0.144 e. The molecular weight excluding hydrogens is 208 g/mol. The van der Waals surface area contributed by atoms with Gasteiger partial charge in [0.2, 0.25) is 0 Å². The zero-order valence-electron chi connectivity index (χ0n) is 9.86. The fourth-order valence-electron chi connectivity index (χ4n) is 1.28. The Labute approximate surface area is 95.1 Å². The first kappa shape index (κ1) is 12.8. The van der Waals surface area contributed by atoms with Crippen molar-refractivity contribution in [3.8, 4) is 0 Å². The van der Waals surface area contributed by atoms with E-state index in [2.05, 4.69) is 15.4 Å². The second kappa shape index (κ2) is 6.37. The van der Waals surface area contributed by atoms with Crippen molar-refractivity contribution >= 4 is 5.82 Å². The van der Waals surface area contributed by atoms with Crippen LogP contribution in [-0.4, -0.2) is 30.3 Å². The van der Waals surface area contributed by atoms with Gasteiger partial charge in [0.05, 0.1) is 18.4 Å². The molecule has 0 aliphatic rings. The smallest absolute Gasteiger partial charge is 0.144 e. The lowest BCUT2D eigenvalue weighted by molar-refractivity contribution is 0.116. The summed E-state index contributed by atoms with van der Waals surface area (Å²) in [6, 6.07) is 1.75. The Morgan fingerprint density at radius 2 is 2.19 bits per heavy atom. The van der Waals surface area contributed by atoms with Crippen LogP contribution in [-0.2, 0) is 22.5 Å². The van der Waals surface area contributed by atoms with Crippen LogP contribution in [0.15, 0.2) is 6.07 Å². The second-order valence-corrected chi connectivity index (χ2v) is 3.49. The quantitative estimate of drug-likeness (QED) is 0.542. The first-order valence-corrected chi connectivity index (χ1v) is 5.04. The third-order valence-corrected chi connectivity index (χ3v) is 2.14. The van der Waals surface area contributed by atoms with E-state index >= 15 is 0 Å². The predicted octanol–water partition coefficient (Wildman–Crippen LogP) is 0.486. The number of anilines is 1. The largest absolute Gasteiger partial charge is 0.381 e. The van der Waals surface area contributed by atoms with Crippen LogP contribution in [0.3, 0.4) is 0 Å². The molecule has 0 aliphatic heterocycles. The van der Waals surface area contributed by atoms with Crippen molar-refractivity contribution in [3.05, 3.63) is 17.6 Å². The summed E-state index contributed by atoms with van der Waals surface area (Å²) in [5, 5.41) is 0. The molecule has 3 N–H and O–H groups in total. The molecule has 6 heteroatoms. The highest BCUT2D eigenvalue weighted by Gasteiger charge is 2.08. The van der Waals surface area contributed by atoms with Gasteiger partial charge in [-0.05, 0) is 6.92 Å². The summed E-state index contributed by atoms with van der Waals surface area (Å²) in [4.78, 5) is 8.59. The monoisotopic (exact) mass is 226 g/mol. The zero-order valence-corrected chi connectivity index (χ0v) is 9.86. The summed E-state index contributed by atoms with van der Waals surface area (Å²) in [6.07, 6.45) is 0.714. The van der Waals surface area contributed by atoms with Gasteiger partial charge in [-0.3, -0.25) is 0 Å². The van der Waals surface area contributed by atoms with Crippen molar-refractivity contribution in [2.45, 2.75) is 26.1 Å². The minimum absolute atomic E-state index is 0.0726. The van der Waals surface area contributed by atoms with Gasteiger partial charge in [0, 0.05) is 26.7 Å². The van der Waals surface area contributed by atoms with E-state index in [9.17, 15) is 0 Å². The van der Waals surface area contributed by atoms with Gasteiger partial charge >= 0.3 is 0 Å². The molecule has 0 radical (unpaired) electrons. The molecule has 1 aromatic heterocycles. The van der Waals surface area contributed by atoms with Crippen LogP contribution in [0, 0.1) is 0 Å². The third-order valence-electron chi connectivity index (χ3n) is 2.14. The van der Waals surface area contributed by atoms with E-state index in [0.717, 1.165) is 5.69 Å². The number of nitrogens with two attached hydrogens (primary N) is 1. The first-order valence-electron chi connectivity index (χ1n) is 5.04. The molecule has 0 aromatic carbocycles. The average Bonchev–Trinajstić information content (AvgIpc) is 2.29. The zero-order chi connectivity index (χ0) is 12.0. The fraction of sp³-hybridized carbons (Fsp3) is 0.600. The number of hydrazine groups is 1. The lowest BCUT2D eigenvalue weighted by Gasteiger charge is -2.10. The van der Waals surface area contributed by atoms with Gasteiger partial charge in [0.1, 0.15) is 11.6 Å². The Morgan fingerprint density at radius 3 is 2.75 bits per heavy atom. The average molecular weight is 226 g/mol. The van der Waals surface area contributed by atoms with E-state index in [1.165, 1.54) is 0 Å². The maximum absolute atomic E-state index is 5.33. The van der Waals surface area contributed by atoms with Crippen LogP contribution in [0.25, 0.3) is 0 Å². The summed E-state index contributed by atoms with van der Waals surface area (Å²) < 4.78 is 10.2. The minimum atomic E-state index is 0.0726. The lowest BCUT2D eigenvalue weighted by atomic mass is 10.2. The number of hydrogen-bond acceptors (Lipinski definition) is 6. The SMILES string of the molecule is COCc1cc(NN)nc(CC(C)OC)n1. The van der Waals surface area contributed by atoms with Gasteiger partial charge in [-0.2, -0.15) is 0 Å². The van der Waals surface area contributed by atoms with Crippen LogP contribution < -0.4 is 11.3 Å². The van der Waals surface area contributed by atoms with Crippen LogP contribution in [0.1, 0.15) is 18.4 Å². The van der Waals surface area contributed by atoms with Gasteiger partial charge in [-0.15, -0.1) is 0 Å². The Balaban J connectivity index is 2.85. The molecule has 0 saturated carbocycles. The van der Waals surface area contributed by atoms with E-state index in [0.29, 0.717) is 24.7 Å². The number of ether oxygens (including phenoxy) is 2. The third kappa shape index (κ3) is 3.73. The van der Waals surface area contributed by atoms with Crippen molar-refractivity contribution < 1.29 is 9.47 Å². The van der Waals surface area contributed by atoms with Crippen molar-refractivity contribution in [2.24, 2.45) is 5.84 Å². The molecule has 1 aromatic rings. The molecule has 90 valence electrons. The number of methoxy groups -OCH3 is 2. The standard InChI is InChI=1S/C10H18N4O2/c1-7(16-3)4-9-12-8(6-15-2)5-10(13-9)14-11/h5,7H,4,6,11H2,1-3H3,(H,12,13,14). The number of rotatable bonds is 6. The highest BCUT2D eigenvalue weighted by molar-refractivity contribution is 5.34.